The van der Waals surface area contributed by atoms with Gasteiger partial charge >= 0.3 is 0 Å². The minimum Gasteiger partial charge on any atom is -0.496 e. The molecule has 1 amide bonds. The lowest BCUT2D eigenvalue weighted by Gasteiger charge is -2.09. The molecule has 1 heterocycles. The van der Waals surface area contributed by atoms with Crippen LogP contribution in [0.5, 0.6) is 5.75 Å². The SMILES string of the molecule is COc1ccccc1CCNC(=O)CSc1nnnn1-c1ccc(C)cc1. The zero-order chi connectivity index (χ0) is 19.1. The Kier molecular flexibility index (Phi) is 6.43. The molecule has 8 heteroatoms. The maximum Gasteiger partial charge on any atom is 0.230 e. The molecule has 1 aromatic heterocycles. The third kappa shape index (κ3) is 5.07. The number of hydrogen-bond donors (Lipinski definition) is 1. The van der Waals surface area contributed by atoms with Crippen LogP contribution in [0.3, 0.4) is 0 Å². The molecule has 0 fully saturated rings. The molecular formula is C19H21N5O2S. The van der Waals surface area contributed by atoms with E-state index in [1.807, 2.05) is 55.5 Å². The number of aromatic nitrogens is 4. The van der Waals surface area contributed by atoms with Gasteiger partial charge in [-0.05, 0) is 47.5 Å². The molecule has 27 heavy (non-hydrogen) atoms. The second-order valence-electron chi connectivity index (χ2n) is 5.91. The van der Waals surface area contributed by atoms with Gasteiger partial charge in [-0.25, -0.2) is 0 Å². The first-order valence-corrected chi connectivity index (χ1v) is 9.53. The maximum atomic E-state index is 12.1. The number of rotatable bonds is 8. The molecule has 0 unspecified atom stereocenters. The number of carbonyl (C=O) groups is 1. The molecule has 0 aliphatic carbocycles. The average Bonchev–Trinajstić information content (AvgIpc) is 3.16. The van der Waals surface area contributed by atoms with E-state index in [0.717, 1.165) is 22.6 Å². The molecule has 0 atom stereocenters. The van der Waals surface area contributed by atoms with Crippen molar-refractivity contribution in [1.82, 2.24) is 25.5 Å². The highest BCUT2D eigenvalue weighted by molar-refractivity contribution is 7.99. The van der Waals surface area contributed by atoms with Gasteiger partial charge in [0.2, 0.25) is 11.1 Å². The van der Waals surface area contributed by atoms with Crippen molar-refractivity contribution in [3.05, 3.63) is 59.7 Å². The van der Waals surface area contributed by atoms with Gasteiger partial charge in [-0.1, -0.05) is 47.7 Å². The molecule has 0 bridgehead atoms. The highest BCUT2D eigenvalue weighted by atomic mass is 32.2. The Morgan fingerprint density at radius 3 is 2.74 bits per heavy atom. The van der Waals surface area contributed by atoms with Crippen molar-refractivity contribution in [3.63, 3.8) is 0 Å². The van der Waals surface area contributed by atoms with E-state index < -0.39 is 0 Å². The Morgan fingerprint density at radius 1 is 1.19 bits per heavy atom. The van der Waals surface area contributed by atoms with E-state index in [9.17, 15) is 4.79 Å². The van der Waals surface area contributed by atoms with Gasteiger partial charge < -0.3 is 10.1 Å². The molecule has 1 N–H and O–H groups in total. The van der Waals surface area contributed by atoms with E-state index in [1.54, 1.807) is 11.8 Å². The fraction of sp³-hybridized carbons (Fsp3) is 0.263. The highest BCUT2D eigenvalue weighted by Gasteiger charge is 2.11. The predicted octanol–water partition coefficient (Wildman–Crippen LogP) is 2.43. The van der Waals surface area contributed by atoms with E-state index >= 15 is 0 Å². The molecule has 140 valence electrons. The van der Waals surface area contributed by atoms with Crippen LogP contribution in [0.1, 0.15) is 11.1 Å². The monoisotopic (exact) mass is 383 g/mol. The average molecular weight is 383 g/mol. The van der Waals surface area contributed by atoms with Crippen molar-refractivity contribution in [2.24, 2.45) is 0 Å². The predicted molar refractivity (Wildman–Crippen MR) is 104 cm³/mol. The van der Waals surface area contributed by atoms with E-state index in [-0.39, 0.29) is 11.7 Å². The van der Waals surface area contributed by atoms with Crippen molar-refractivity contribution in [3.8, 4) is 11.4 Å². The summed E-state index contributed by atoms with van der Waals surface area (Å²) < 4.78 is 6.95. The summed E-state index contributed by atoms with van der Waals surface area (Å²) in [5.41, 5.74) is 3.09. The normalized spacial score (nSPS) is 10.6. The summed E-state index contributed by atoms with van der Waals surface area (Å²) in [4.78, 5) is 12.1. The van der Waals surface area contributed by atoms with Crippen LogP contribution in [0.4, 0.5) is 0 Å². The molecule has 0 saturated heterocycles. The van der Waals surface area contributed by atoms with E-state index in [0.29, 0.717) is 18.1 Å². The van der Waals surface area contributed by atoms with Crippen LogP contribution >= 0.6 is 11.8 Å². The van der Waals surface area contributed by atoms with Crippen molar-refractivity contribution in [2.45, 2.75) is 18.5 Å². The molecule has 0 aliphatic rings. The van der Waals surface area contributed by atoms with Gasteiger partial charge in [0, 0.05) is 6.54 Å². The van der Waals surface area contributed by atoms with E-state index in [4.69, 9.17) is 4.74 Å². The van der Waals surface area contributed by atoms with Crippen LogP contribution in [0.2, 0.25) is 0 Å². The lowest BCUT2D eigenvalue weighted by Crippen LogP contribution is -2.27. The summed E-state index contributed by atoms with van der Waals surface area (Å²) in [7, 11) is 1.65. The molecule has 3 rings (SSSR count). The first kappa shape index (κ1) is 18.9. The number of methoxy groups -OCH3 is 1. The lowest BCUT2D eigenvalue weighted by molar-refractivity contribution is -0.118. The molecule has 7 nitrogen and oxygen atoms in total. The van der Waals surface area contributed by atoms with Crippen molar-refractivity contribution in [2.75, 3.05) is 19.4 Å². The highest BCUT2D eigenvalue weighted by Crippen LogP contribution is 2.19. The molecular weight excluding hydrogens is 362 g/mol. The summed E-state index contributed by atoms with van der Waals surface area (Å²) in [5.74, 6) is 1.02. The van der Waals surface area contributed by atoms with Crippen LogP contribution in [0, 0.1) is 6.92 Å². The fourth-order valence-corrected chi connectivity index (χ4v) is 3.26. The number of para-hydroxylation sites is 1. The molecule has 0 spiro atoms. The van der Waals surface area contributed by atoms with Crippen LogP contribution in [-0.2, 0) is 11.2 Å². The molecule has 0 radical (unpaired) electrons. The van der Waals surface area contributed by atoms with Gasteiger partial charge in [-0.2, -0.15) is 4.68 Å². The number of tetrazole rings is 1. The van der Waals surface area contributed by atoms with Crippen molar-refractivity contribution in [1.29, 1.82) is 0 Å². The molecule has 2 aromatic carbocycles. The Labute approximate surface area is 162 Å². The third-order valence-corrected chi connectivity index (χ3v) is 4.88. The topological polar surface area (TPSA) is 81.9 Å². The van der Waals surface area contributed by atoms with Gasteiger partial charge in [0.1, 0.15) is 5.75 Å². The largest absolute Gasteiger partial charge is 0.496 e. The second-order valence-corrected chi connectivity index (χ2v) is 6.85. The molecule has 3 aromatic rings. The van der Waals surface area contributed by atoms with Crippen LogP contribution in [0.15, 0.2) is 53.7 Å². The fourth-order valence-electron chi connectivity index (χ4n) is 2.54. The van der Waals surface area contributed by atoms with E-state index in [2.05, 4.69) is 20.8 Å². The number of benzene rings is 2. The van der Waals surface area contributed by atoms with Gasteiger partial charge in [0.05, 0.1) is 18.6 Å². The number of nitrogens with zero attached hydrogens (tertiary/aromatic N) is 4. The Hall–Kier alpha value is -2.87. The second kappa shape index (κ2) is 9.18. The number of nitrogens with one attached hydrogen (secondary N) is 1. The summed E-state index contributed by atoms with van der Waals surface area (Å²) in [6.45, 7) is 2.57. The van der Waals surface area contributed by atoms with E-state index in [1.165, 1.54) is 11.8 Å². The first-order chi connectivity index (χ1) is 13.2. The Balaban J connectivity index is 1.50. The summed E-state index contributed by atoms with van der Waals surface area (Å²) in [6.07, 6.45) is 0.710. The minimum atomic E-state index is -0.0617. The van der Waals surface area contributed by atoms with Crippen molar-refractivity contribution >= 4 is 17.7 Å². The zero-order valence-corrected chi connectivity index (χ0v) is 16.1. The number of ether oxygens (including phenoxy) is 1. The molecule has 0 saturated carbocycles. The van der Waals surface area contributed by atoms with Crippen LogP contribution in [0.25, 0.3) is 5.69 Å². The quantitative estimate of drug-likeness (QED) is 0.602. The van der Waals surface area contributed by atoms with Gasteiger partial charge in [-0.3, -0.25) is 4.79 Å². The zero-order valence-electron chi connectivity index (χ0n) is 15.3. The van der Waals surface area contributed by atoms with Crippen molar-refractivity contribution < 1.29 is 9.53 Å². The number of amides is 1. The number of thioether (sulfide) groups is 1. The minimum absolute atomic E-state index is 0.0617. The number of aryl methyl sites for hydroxylation is 1. The summed E-state index contributed by atoms with van der Waals surface area (Å²) in [5, 5.41) is 15.2. The first-order valence-electron chi connectivity index (χ1n) is 8.54. The maximum absolute atomic E-state index is 12.1. The van der Waals surface area contributed by atoms with Gasteiger partial charge in [-0.15, -0.1) is 5.10 Å². The molecule has 0 aliphatic heterocycles. The summed E-state index contributed by atoms with van der Waals surface area (Å²) in [6, 6.07) is 15.7. The van der Waals surface area contributed by atoms with Gasteiger partial charge in [0.15, 0.2) is 0 Å². The van der Waals surface area contributed by atoms with Gasteiger partial charge in [0.25, 0.3) is 0 Å². The standard InChI is InChI=1S/C19H21N5O2S/c1-14-7-9-16(10-8-14)24-19(21-22-23-24)27-13-18(25)20-12-11-15-5-3-4-6-17(15)26-2/h3-10H,11-13H2,1-2H3,(H,20,25). The smallest absolute Gasteiger partial charge is 0.230 e. The Bertz CT molecular complexity index is 895. The number of carbonyl (C=O) groups excluding carboxylic acids is 1. The van der Waals surface area contributed by atoms with Crippen LogP contribution in [-0.4, -0.2) is 45.5 Å². The number of hydrogen-bond acceptors (Lipinski definition) is 6. The Morgan fingerprint density at radius 2 is 1.96 bits per heavy atom. The summed E-state index contributed by atoms with van der Waals surface area (Å²) >= 11 is 1.30. The third-order valence-electron chi connectivity index (χ3n) is 3.96. The lowest BCUT2D eigenvalue weighted by atomic mass is 10.1. The van der Waals surface area contributed by atoms with Crippen LogP contribution < -0.4 is 10.1 Å².